The Balaban J connectivity index is 0.998. The molecule has 2 aliphatic heterocycles. The highest BCUT2D eigenvalue weighted by atomic mass is 16.3. The molecule has 4 amide bonds. The number of carbonyl (C=O) groups is 4. The van der Waals surface area contributed by atoms with Crippen LogP contribution in [0.1, 0.15) is 82.5 Å². The molecule has 314 valence electrons. The number of anilines is 2. The highest BCUT2D eigenvalue weighted by Crippen LogP contribution is 2.33. The molecule has 0 aliphatic carbocycles. The molecule has 4 atom stereocenters. The van der Waals surface area contributed by atoms with Gasteiger partial charge in [0.25, 0.3) is 0 Å². The number of benzene rings is 4. The summed E-state index contributed by atoms with van der Waals surface area (Å²) in [7, 11) is 1.97. The Morgan fingerprint density at radius 3 is 1.77 bits per heavy atom. The van der Waals surface area contributed by atoms with Crippen LogP contribution in [0.15, 0.2) is 114 Å². The molecule has 2 N–H and O–H groups in total. The lowest BCUT2D eigenvalue weighted by Gasteiger charge is -2.34. The second-order valence-electron chi connectivity index (χ2n) is 16.0. The molecule has 3 heterocycles. The number of nitrogens with zero attached hydrogens (tertiary/aromatic N) is 4. The largest absolute Gasteiger partial charge is 0.456 e. The van der Waals surface area contributed by atoms with Crippen molar-refractivity contribution in [2.24, 2.45) is 0 Å². The van der Waals surface area contributed by atoms with Crippen LogP contribution in [0.2, 0.25) is 0 Å². The molecular weight excluding hydrogens is 753 g/mol. The van der Waals surface area contributed by atoms with Crippen molar-refractivity contribution in [1.82, 2.24) is 19.6 Å². The third kappa shape index (κ3) is 9.32. The first-order valence-electron chi connectivity index (χ1n) is 21.6. The minimum atomic E-state index is -0.561. The van der Waals surface area contributed by atoms with Gasteiger partial charge in [0, 0.05) is 35.4 Å². The van der Waals surface area contributed by atoms with Gasteiger partial charge in [-0.1, -0.05) is 81.4 Å². The molecular formula is C49H58N6O5. The fourth-order valence-corrected chi connectivity index (χ4v) is 8.96. The third-order valence-electron chi connectivity index (χ3n) is 11.9. The van der Waals surface area contributed by atoms with Gasteiger partial charge >= 0.3 is 0 Å². The van der Waals surface area contributed by atoms with E-state index < -0.39 is 24.2 Å². The van der Waals surface area contributed by atoms with E-state index in [1.165, 1.54) is 0 Å². The van der Waals surface area contributed by atoms with E-state index in [-0.39, 0.29) is 23.6 Å². The molecule has 7 rings (SSSR count). The van der Waals surface area contributed by atoms with E-state index in [0.29, 0.717) is 48.6 Å². The number of likely N-dealkylation sites (N-methyl/N-ethyl adjacent to an activating group) is 2. The van der Waals surface area contributed by atoms with Crippen LogP contribution in [-0.2, 0) is 19.2 Å². The van der Waals surface area contributed by atoms with Gasteiger partial charge in [-0.2, -0.15) is 0 Å². The highest BCUT2D eigenvalue weighted by Gasteiger charge is 2.40. The van der Waals surface area contributed by atoms with E-state index in [9.17, 15) is 19.2 Å². The van der Waals surface area contributed by atoms with E-state index in [2.05, 4.69) is 41.2 Å². The lowest BCUT2D eigenvalue weighted by Crippen LogP contribution is -2.48. The Hall–Kier alpha value is -5.78. The van der Waals surface area contributed by atoms with Crippen molar-refractivity contribution in [2.75, 3.05) is 50.4 Å². The first kappa shape index (κ1) is 42.3. The number of likely N-dealkylation sites (tertiary alicyclic amines) is 2. The first-order chi connectivity index (χ1) is 29.2. The molecule has 0 bridgehead atoms. The van der Waals surface area contributed by atoms with Gasteiger partial charge in [-0.05, 0) is 125 Å². The van der Waals surface area contributed by atoms with Crippen molar-refractivity contribution in [3.05, 3.63) is 120 Å². The summed E-state index contributed by atoms with van der Waals surface area (Å²) in [6, 6.07) is 32.6. The van der Waals surface area contributed by atoms with Crippen LogP contribution in [0.25, 0.3) is 22.3 Å². The molecule has 11 heteroatoms. The van der Waals surface area contributed by atoms with E-state index in [1.807, 2.05) is 116 Å². The molecule has 2 fully saturated rings. The molecule has 2 aliphatic rings. The van der Waals surface area contributed by atoms with Crippen LogP contribution >= 0.6 is 0 Å². The molecule has 0 unspecified atom stereocenters. The summed E-state index contributed by atoms with van der Waals surface area (Å²) in [5, 5.41) is 6.96. The number of furan rings is 1. The van der Waals surface area contributed by atoms with Crippen molar-refractivity contribution in [1.29, 1.82) is 0 Å². The molecule has 0 spiro atoms. The zero-order chi connectivity index (χ0) is 42.2. The quantitative estimate of drug-likeness (QED) is 0.103. The van der Waals surface area contributed by atoms with Gasteiger partial charge in [0.15, 0.2) is 0 Å². The monoisotopic (exact) mass is 810 g/mol. The van der Waals surface area contributed by atoms with Crippen molar-refractivity contribution in [3.8, 4) is 11.3 Å². The lowest BCUT2D eigenvalue weighted by atomic mass is 10.0. The Morgan fingerprint density at radius 1 is 0.667 bits per heavy atom. The van der Waals surface area contributed by atoms with E-state index in [4.69, 9.17) is 4.42 Å². The molecule has 0 radical (unpaired) electrons. The predicted octanol–water partition coefficient (Wildman–Crippen LogP) is 8.52. The second-order valence-corrected chi connectivity index (χ2v) is 16.0. The average Bonchev–Trinajstić information content (AvgIpc) is 4.05. The average molecular weight is 811 g/mol. The molecule has 11 nitrogen and oxygen atoms in total. The van der Waals surface area contributed by atoms with Crippen molar-refractivity contribution in [3.63, 3.8) is 0 Å². The van der Waals surface area contributed by atoms with Crippen molar-refractivity contribution >= 4 is 46.0 Å². The number of hydrogen-bond donors (Lipinski definition) is 2. The summed E-state index contributed by atoms with van der Waals surface area (Å²) in [4.78, 5) is 63.5. The fourth-order valence-electron chi connectivity index (χ4n) is 8.96. The van der Waals surface area contributed by atoms with Gasteiger partial charge in [0.1, 0.15) is 35.5 Å². The molecule has 2 saturated heterocycles. The van der Waals surface area contributed by atoms with Crippen LogP contribution < -0.4 is 10.6 Å². The van der Waals surface area contributed by atoms with Gasteiger partial charge in [0.05, 0.1) is 0 Å². The number of carbonyl (C=O) groups excluding carboxylic acids is 4. The van der Waals surface area contributed by atoms with Crippen LogP contribution in [0, 0.1) is 0 Å². The topological polar surface area (TPSA) is 118 Å². The van der Waals surface area contributed by atoms with Gasteiger partial charge in [-0.3, -0.25) is 29.0 Å². The third-order valence-corrected chi connectivity index (χ3v) is 11.9. The Labute approximate surface area is 353 Å². The predicted molar refractivity (Wildman–Crippen MR) is 237 cm³/mol. The number of nitrogens with one attached hydrogen (secondary N) is 2. The minimum Gasteiger partial charge on any atom is -0.456 e. The van der Waals surface area contributed by atoms with Gasteiger partial charge in [-0.25, -0.2) is 0 Å². The van der Waals surface area contributed by atoms with Crippen molar-refractivity contribution < 1.29 is 23.6 Å². The Bertz CT molecular complexity index is 2240. The van der Waals surface area contributed by atoms with Crippen LogP contribution in [0.5, 0.6) is 0 Å². The summed E-state index contributed by atoms with van der Waals surface area (Å²) >= 11 is 0. The van der Waals surface area contributed by atoms with E-state index in [0.717, 1.165) is 67.4 Å². The SMILES string of the molecule is CCCN(C)[C@@H](C(=O)N1CCC[C@H]1C(=O)Nc1ccc(-c2cc3cc(NC(=O)[C@@H]4CCCN4C(=O)[C@@H](c4ccccc4)N(CC)CCC)ccc3o2)cc1)c1ccccc1. The van der Waals surface area contributed by atoms with Crippen LogP contribution in [-0.4, -0.2) is 95.1 Å². The Morgan fingerprint density at radius 2 is 1.20 bits per heavy atom. The maximum absolute atomic E-state index is 14.2. The summed E-state index contributed by atoms with van der Waals surface area (Å²) in [5.74, 6) is 0.170. The van der Waals surface area contributed by atoms with E-state index >= 15 is 0 Å². The summed E-state index contributed by atoms with van der Waals surface area (Å²) in [6.07, 6.45) is 4.59. The maximum Gasteiger partial charge on any atom is 0.247 e. The standard InChI is InChI=1S/C49H58N6O5/c1-5-28-52(4)44(35-16-10-8-11-17-35)48(58)54-30-14-20-40(54)46(56)50-38-24-22-34(23-25-38)43-33-37-32-39(26-27-42(37)60-43)51-47(57)41-21-15-31-55(41)49(59)45(53(7-3)29-6-2)36-18-12-9-13-19-36/h8-13,16-19,22-27,32-33,40-41,44-45H,5-7,14-15,20-21,28-31H2,1-4H3,(H,50,56)(H,51,57)/t40-,41-,44+,45+/m0/s1. The highest BCUT2D eigenvalue weighted by molar-refractivity contribution is 6.00. The molecule has 1 aromatic heterocycles. The summed E-state index contributed by atoms with van der Waals surface area (Å²) in [5.41, 5.74) is 4.63. The number of fused-ring (bicyclic) bond motifs is 1. The van der Waals surface area contributed by atoms with Gasteiger partial charge < -0.3 is 24.9 Å². The smallest absolute Gasteiger partial charge is 0.247 e. The van der Waals surface area contributed by atoms with Crippen LogP contribution in [0.3, 0.4) is 0 Å². The fraction of sp³-hybridized carbons (Fsp3) is 0.388. The number of amides is 4. The number of rotatable bonds is 16. The van der Waals surface area contributed by atoms with Gasteiger partial charge in [0.2, 0.25) is 23.6 Å². The van der Waals surface area contributed by atoms with Crippen LogP contribution in [0.4, 0.5) is 11.4 Å². The lowest BCUT2D eigenvalue weighted by molar-refractivity contribution is -0.141. The summed E-state index contributed by atoms with van der Waals surface area (Å²) in [6.45, 7) is 9.66. The zero-order valence-corrected chi connectivity index (χ0v) is 35.3. The maximum atomic E-state index is 14.2. The number of hydrogen-bond acceptors (Lipinski definition) is 7. The Kier molecular flexibility index (Phi) is 13.8. The second kappa shape index (κ2) is 19.5. The van der Waals surface area contributed by atoms with E-state index in [1.54, 1.807) is 9.80 Å². The minimum absolute atomic E-state index is 0.0342. The summed E-state index contributed by atoms with van der Waals surface area (Å²) < 4.78 is 6.22. The van der Waals surface area contributed by atoms with Gasteiger partial charge in [-0.15, -0.1) is 0 Å². The molecule has 5 aromatic rings. The zero-order valence-electron chi connectivity index (χ0n) is 35.3. The van der Waals surface area contributed by atoms with Crippen molar-refractivity contribution in [2.45, 2.75) is 83.5 Å². The first-order valence-corrected chi connectivity index (χ1v) is 21.6. The molecule has 60 heavy (non-hydrogen) atoms. The normalized spacial score (nSPS) is 17.6. The molecule has 0 saturated carbocycles. The molecule has 4 aromatic carbocycles.